The maximum atomic E-state index is 11.8. The lowest BCUT2D eigenvalue weighted by Gasteiger charge is -1.85. The highest BCUT2D eigenvalue weighted by Crippen LogP contribution is 2.05. The quantitative estimate of drug-likeness (QED) is 0.777. The number of hydrogen-bond acceptors (Lipinski definition) is 3. The van der Waals surface area contributed by atoms with Crippen molar-refractivity contribution in [2.75, 3.05) is 0 Å². The van der Waals surface area contributed by atoms with Gasteiger partial charge in [0, 0.05) is 19.2 Å². The number of nitrogens with one attached hydrogen (secondary N) is 1. The minimum atomic E-state index is -0.289. The van der Waals surface area contributed by atoms with E-state index in [1.807, 2.05) is 13.8 Å². The van der Waals surface area contributed by atoms with Gasteiger partial charge in [-0.05, 0) is 18.6 Å². The predicted octanol–water partition coefficient (Wildman–Crippen LogP) is 1.76. The lowest BCUT2D eigenvalue weighted by Crippen LogP contribution is -2.14. The molecule has 1 aliphatic rings. The second kappa shape index (κ2) is 7.37. The van der Waals surface area contributed by atoms with E-state index in [1.54, 1.807) is 10.6 Å². The highest BCUT2D eigenvalue weighted by Gasteiger charge is 2.13. The summed E-state index contributed by atoms with van der Waals surface area (Å²) in [7, 11) is 0. The molecular weight excluding hydrogens is 235 g/mol. The zero-order valence-electron chi connectivity index (χ0n) is 10.6. The van der Waals surface area contributed by atoms with Crippen LogP contribution >= 0.6 is 0 Å². The summed E-state index contributed by atoms with van der Waals surface area (Å²) in [5, 5.41) is 6.22. The summed E-state index contributed by atoms with van der Waals surface area (Å²) in [6.45, 7) is 4.84. The lowest BCUT2D eigenvalue weighted by molar-refractivity contribution is 0.621. The van der Waals surface area contributed by atoms with Crippen LogP contribution in [0, 0.1) is 5.82 Å². The third kappa shape index (κ3) is 3.80. The zero-order valence-corrected chi connectivity index (χ0v) is 10.6. The van der Waals surface area contributed by atoms with Crippen LogP contribution in [0.15, 0.2) is 29.3 Å². The molecule has 5 nitrogen and oxygen atoms in total. The molecule has 0 bridgehead atoms. The summed E-state index contributed by atoms with van der Waals surface area (Å²) in [5.74, 6) is 0.613. The third-order valence-electron chi connectivity index (χ3n) is 2.24. The van der Waals surface area contributed by atoms with Gasteiger partial charge in [-0.25, -0.2) is 14.3 Å². The number of fused-ring (bicyclic) bond motifs is 1. The average Bonchev–Trinajstić information content (AvgIpc) is 3.00. The van der Waals surface area contributed by atoms with Crippen LogP contribution in [-0.4, -0.2) is 19.7 Å². The van der Waals surface area contributed by atoms with Crippen molar-refractivity contribution in [3.63, 3.8) is 0 Å². The Morgan fingerprint density at radius 2 is 2.22 bits per heavy atom. The molecule has 98 valence electrons. The number of aryl methyl sites for hydroxylation is 1. The van der Waals surface area contributed by atoms with Crippen LogP contribution in [0.4, 0.5) is 4.39 Å². The summed E-state index contributed by atoms with van der Waals surface area (Å²) in [5.41, 5.74) is -0.0671. The van der Waals surface area contributed by atoms with Crippen molar-refractivity contribution in [1.29, 1.82) is 0 Å². The van der Waals surface area contributed by atoms with E-state index in [1.165, 1.54) is 18.5 Å². The molecular formula is C12H17FN4O. The molecule has 3 rings (SSSR count). The Morgan fingerprint density at radius 1 is 1.44 bits per heavy atom. The molecule has 0 saturated carbocycles. The number of pyridine rings is 1. The molecule has 18 heavy (non-hydrogen) atoms. The molecule has 1 N–H and O–H groups in total. The molecule has 0 saturated heterocycles. The molecule has 0 aromatic carbocycles. The van der Waals surface area contributed by atoms with Crippen molar-refractivity contribution in [2.45, 2.75) is 33.2 Å². The number of aromatic amines is 1. The largest absolute Gasteiger partial charge is 0.343 e. The Hall–Kier alpha value is -1.98. The molecule has 2 aromatic heterocycles. The van der Waals surface area contributed by atoms with Gasteiger partial charge in [0.05, 0.1) is 6.20 Å². The van der Waals surface area contributed by atoms with E-state index in [-0.39, 0.29) is 11.5 Å². The number of rotatable bonds is 0. The molecule has 0 fully saturated rings. The van der Waals surface area contributed by atoms with E-state index in [0.29, 0.717) is 0 Å². The second-order valence-electron chi connectivity index (χ2n) is 3.37. The second-order valence-corrected chi connectivity index (χ2v) is 3.37. The van der Waals surface area contributed by atoms with Gasteiger partial charge in [0.1, 0.15) is 11.6 Å². The first kappa shape index (κ1) is 14.1. The van der Waals surface area contributed by atoms with E-state index in [0.717, 1.165) is 25.2 Å². The lowest BCUT2D eigenvalue weighted by atomic mass is 10.4. The minimum absolute atomic E-state index is 0.0671. The zero-order chi connectivity index (χ0) is 13.4. The maximum absolute atomic E-state index is 11.8. The number of H-pyrrole nitrogens is 1. The number of nitrogens with zero attached hydrogens (tertiary/aromatic N) is 3. The van der Waals surface area contributed by atoms with Crippen LogP contribution in [0.1, 0.15) is 26.1 Å². The van der Waals surface area contributed by atoms with Gasteiger partial charge in [0.2, 0.25) is 0 Å². The van der Waals surface area contributed by atoms with Gasteiger partial charge in [-0.1, -0.05) is 13.8 Å². The molecule has 0 atom stereocenters. The van der Waals surface area contributed by atoms with Crippen LogP contribution < -0.4 is 5.69 Å². The summed E-state index contributed by atoms with van der Waals surface area (Å²) < 4.78 is 13.5. The van der Waals surface area contributed by atoms with Crippen LogP contribution in [0.5, 0.6) is 0 Å². The maximum Gasteiger partial charge on any atom is 0.343 e. The molecule has 6 heteroatoms. The first-order chi connectivity index (χ1) is 8.77. The van der Waals surface area contributed by atoms with Crippen molar-refractivity contribution in [2.24, 2.45) is 0 Å². The highest BCUT2D eigenvalue weighted by atomic mass is 19.1. The van der Waals surface area contributed by atoms with Gasteiger partial charge in [-0.2, -0.15) is 5.10 Å². The fraction of sp³-hybridized carbons (Fsp3) is 0.417. The van der Waals surface area contributed by atoms with Crippen molar-refractivity contribution in [3.8, 4) is 0 Å². The Bertz CT molecular complexity index is 506. The molecule has 0 aliphatic carbocycles. The van der Waals surface area contributed by atoms with Gasteiger partial charge in [0.15, 0.2) is 0 Å². The summed E-state index contributed by atoms with van der Waals surface area (Å²) in [6.07, 6.45) is 4.70. The van der Waals surface area contributed by atoms with Crippen LogP contribution in [0.2, 0.25) is 0 Å². The standard InChI is InChI=1S/C5H4FN.C5H7N3O.C2H6/c6-5-2-1-3-7-4-5;9-5-7-6-4-2-1-3-8(4)5;1-2/h1-4H;1-3H2,(H,7,9);1-2H3. The van der Waals surface area contributed by atoms with E-state index in [2.05, 4.69) is 15.2 Å². The van der Waals surface area contributed by atoms with E-state index in [9.17, 15) is 9.18 Å². The molecule has 2 aromatic rings. The summed E-state index contributed by atoms with van der Waals surface area (Å²) in [6, 6.07) is 2.91. The number of halogens is 1. The smallest absolute Gasteiger partial charge is 0.279 e. The molecule has 0 spiro atoms. The van der Waals surface area contributed by atoms with Gasteiger partial charge < -0.3 is 0 Å². The molecule has 0 amide bonds. The van der Waals surface area contributed by atoms with E-state index < -0.39 is 0 Å². The number of hydrogen-bond donors (Lipinski definition) is 1. The normalized spacial score (nSPS) is 11.7. The van der Waals surface area contributed by atoms with E-state index >= 15 is 0 Å². The third-order valence-corrected chi connectivity index (χ3v) is 2.24. The van der Waals surface area contributed by atoms with Crippen LogP contribution in [0.3, 0.4) is 0 Å². The SMILES string of the molecule is CC.Fc1cccnc1.O=c1[nH]nc2n1CCC2. The van der Waals surface area contributed by atoms with Gasteiger partial charge >= 0.3 is 5.69 Å². The Kier molecular flexibility index (Phi) is 5.76. The Morgan fingerprint density at radius 3 is 2.72 bits per heavy atom. The van der Waals surface area contributed by atoms with Crippen molar-refractivity contribution in [3.05, 3.63) is 46.7 Å². The summed E-state index contributed by atoms with van der Waals surface area (Å²) in [4.78, 5) is 14.3. The molecule has 1 aliphatic heterocycles. The highest BCUT2D eigenvalue weighted by molar-refractivity contribution is 4.92. The van der Waals surface area contributed by atoms with Gasteiger partial charge in [-0.15, -0.1) is 0 Å². The van der Waals surface area contributed by atoms with Crippen molar-refractivity contribution >= 4 is 0 Å². The minimum Gasteiger partial charge on any atom is -0.279 e. The Labute approximate surface area is 105 Å². The fourth-order valence-corrected chi connectivity index (χ4v) is 1.51. The number of aromatic nitrogens is 4. The first-order valence-corrected chi connectivity index (χ1v) is 5.97. The molecule has 0 radical (unpaired) electrons. The molecule has 0 unspecified atom stereocenters. The average molecular weight is 252 g/mol. The summed E-state index contributed by atoms with van der Waals surface area (Å²) >= 11 is 0. The topological polar surface area (TPSA) is 63.6 Å². The molecule has 3 heterocycles. The van der Waals surface area contributed by atoms with Gasteiger partial charge in [-0.3, -0.25) is 9.55 Å². The van der Waals surface area contributed by atoms with Gasteiger partial charge in [0.25, 0.3) is 0 Å². The predicted molar refractivity (Wildman–Crippen MR) is 66.7 cm³/mol. The fourth-order valence-electron chi connectivity index (χ4n) is 1.51. The van der Waals surface area contributed by atoms with Crippen molar-refractivity contribution in [1.82, 2.24) is 19.7 Å². The van der Waals surface area contributed by atoms with Crippen LogP contribution in [0.25, 0.3) is 0 Å². The van der Waals surface area contributed by atoms with Crippen molar-refractivity contribution < 1.29 is 4.39 Å². The Balaban J connectivity index is 0.000000163. The monoisotopic (exact) mass is 252 g/mol. The first-order valence-electron chi connectivity index (χ1n) is 5.97. The van der Waals surface area contributed by atoms with Crippen LogP contribution in [-0.2, 0) is 13.0 Å². The van der Waals surface area contributed by atoms with E-state index in [4.69, 9.17) is 0 Å².